The smallest absolute Gasteiger partial charge is 0.335 e. The van der Waals surface area contributed by atoms with Gasteiger partial charge in [0, 0.05) is 30.6 Å². The van der Waals surface area contributed by atoms with Crippen molar-refractivity contribution in [3.8, 4) is 5.75 Å². The molecule has 7 nitrogen and oxygen atoms in total. The van der Waals surface area contributed by atoms with E-state index in [0.29, 0.717) is 28.6 Å². The maximum absolute atomic E-state index is 14.3. The third-order valence-corrected chi connectivity index (χ3v) is 10.9. The van der Waals surface area contributed by atoms with Crippen LogP contribution in [0.1, 0.15) is 69.2 Å². The Labute approximate surface area is 308 Å². The van der Waals surface area contributed by atoms with E-state index in [0.717, 1.165) is 47.5 Å². The van der Waals surface area contributed by atoms with E-state index in [1.165, 1.54) is 34.0 Å². The first-order chi connectivity index (χ1) is 25.2. The fourth-order valence-corrected chi connectivity index (χ4v) is 8.05. The summed E-state index contributed by atoms with van der Waals surface area (Å²) in [7, 11) is 0. The summed E-state index contributed by atoms with van der Waals surface area (Å²) in [4.78, 5) is 44.6. The van der Waals surface area contributed by atoms with Gasteiger partial charge in [-0.3, -0.25) is 14.9 Å². The molecule has 0 unspecified atom stereocenters. The number of ether oxygens (including phenoxy) is 1. The minimum Gasteiger partial charge on any atom is -0.487 e. The minimum absolute atomic E-state index is 0.0816. The van der Waals surface area contributed by atoms with Gasteiger partial charge < -0.3 is 9.64 Å². The van der Waals surface area contributed by atoms with E-state index in [-0.39, 0.29) is 17.4 Å². The zero-order chi connectivity index (χ0) is 35.9. The van der Waals surface area contributed by atoms with Crippen LogP contribution in [0.25, 0.3) is 6.08 Å². The molecule has 1 fully saturated rings. The van der Waals surface area contributed by atoms with Gasteiger partial charge in [-0.1, -0.05) is 96.5 Å². The van der Waals surface area contributed by atoms with Gasteiger partial charge in [0.15, 0.2) is 0 Å². The molecule has 0 saturated carbocycles. The predicted octanol–water partition coefficient (Wildman–Crippen LogP) is 9.08. The number of rotatable bonds is 7. The molecule has 5 aromatic rings. The van der Waals surface area contributed by atoms with Gasteiger partial charge in [0.2, 0.25) is 0 Å². The summed E-state index contributed by atoms with van der Waals surface area (Å²) in [6.45, 7) is 6.31. The maximum Gasteiger partial charge on any atom is 0.335 e. The first-order valence-corrected chi connectivity index (χ1v) is 18.1. The van der Waals surface area contributed by atoms with E-state index >= 15 is 0 Å². The van der Waals surface area contributed by atoms with Crippen molar-refractivity contribution in [1.29, 1.82) is 0 Å². The number of nitrogens with zero attached hydrogens (tertiary/aromatic N) is 2. The molecule has 3 aliphatic heterocycles. The lowest BCUT2D eigenvalue weighted by atomic mass is 9.76. The van der Waals surface area contributed by atoms with Crippen molar-refractivity contribution in [2.75, 3.05) is 22.9 Å². The number of nitrogens with one attached hydrogen (secondary N) is 1. The molecule has 8 heteroatoms. The average Bonchev–Trinajstić information content (AvgIpc) is 3.15. The number of halogens is 1. The van der Waals surface area contributed by atoms with Gasteiger partial charge in [-0.25, -0.2) is 9.69 Å². The maximum atomic E-state index is 14.3. The summed E-state index contributed by atoms with van der Waals surface area (Å²) < 4.78 is 6.00. The number of aryl methyl sites for hydroxylation is 2. The van der Waals surface area contributed by atoms with Crippen LogP contribution in [0.4, 0.5) is 16.2 Å². The molecular formula is C44H38ClN3O4. The van der Waals surface area contributed by atoms with Gasteiger partial charge in [0.1, 0.15) is 17.9 Å². The third kappa shape index (κ3) is 6.26. The van der Waals surface area contributed by atoms with E-state index in [1.807, 2.05) is 54.6 Å². The largest absolute Gasteiger partial charge is 0.487 e. The Balaban J connectivity index is 1.15. The summed E-state index contributed by atoms with van der Waals surface area (Å²) in [6.07, 6.45) is 3.29. The Morgan fingerprint density at radius 1 is 0.769 bits per heavy atom. The standard InChI is InChI=1S/C44H38ClN3O4/c1-27-13-14-30(21-28(27)2)26-52-40-16-15-29(23-39(40)45)22-38-42(49)46-44(51)48(43(38)50)33-24-36-34(31-9-5-3-6-10-31)17-19-47-20-18-35(37(25-33)41(36)47)32-11-7-4-8-12-32/h3-16,21-25,34-35H,17-20,26H2,1-2H3,(H,46,49,51)/b38-22+/t34-,35+. The highest BCUT2D eigenvalue weighted by molar-refractivity contribution is 6.39. The summed E-state index contributed by atoms with van der Waals surface area (Å²) >= 11 is 6.63. The monoisotopic (exact) mass is 707 g/mol. The molecular weight excluding hydrogens is 670 g/mol. The number of carbonyl (C=O) groups is 3. The highest BCUT2D eigenvalue weighted by Crippen LogP contribution is 2.50. The minimum atomic E-state index is -0.775. The molecule has 0 aromatic heterocycles. The molecule has 3 aliphatic rings. The lowest BCUT2D eigenvalue weighted by Crippen LogP contribution is -2.54. The number of anilines is 2. The number of barbiturate groups is 1. The number of benzene rings is 5. The first-order valence-electron chi connectivity index (χ1n) is 17.7. The average molecular weight is 708 g/mol. The van der Waals surface area contributed by atoms with Crippen LogP contribution >= 0.6 is 11.6 Å². The lowest BCUT2D eigenvalue weighted by molar-refractivity contribution is -0.122. The molecule has 2 atom stereocenters. The molecule has 1 saturated heterocycles. The Morgan fingerprint density at radius 2 is 1.40 bits per heavy atom. The summed E-state index contributed by atoms with van der Waals surface area (Å²) in [5, 5.41) is 2.76. The molecule has 0 aliphatic carbocycles. The molecule has 3 heterocycles. The number of hydrogen-bond donors (Lipinski definition) is 1. The Hall–Kier alpha value is -5.66. The van der Waals surface area contributed by atoms with Gasteiger partial charge in [-0.15, -0.1) is 0 Å². The van der Waals surface area contributed by atoms with Crippen molar-refractivity contribution in [2.24, 2.45) is 0 Å². The molecule has 0 radical (unpaired) electrons. The number of urea groups is 1. The van der Waals surface area contributed by atoms with E-state index in [1.54, 1.807) is 18.2 Å². The molecule has 5 aromatic carbocycles. The molecule has 4 amide bonds. The van der Waals surface area contributed by atoms with Crippen LogP contribution in [0.15, 0.2) is 115 Å². The SMILES string of the molecule is Cc1ccc(COc2ccc(/C=C3\C(=O)NC(=O)N(c4cc5c6c(c4)[C@H](c4ccccc4)CCN6CC[C@@H]5c4ccccc4)C3=O)cc2Cl)cc1C. The van der Waals surface area contributed by atoms with E-state index in [2.05, 4.69) is 60.5 Å². The van der Waals surface area contributed by atoms with Gasteiger partial charge in [0.05, 0.1) is 10.7 Å². The van der Waals surface area contributed by atoms with Gasteiger partial charge in [-0.2, -0.15) is 0 Å². The normalized spacial score (nSPS) is 19.1. The van der Waals surface area contributed by atoms with Crippen molar-refractivity contribution < 1.29 is 19.1 Å². The highest BCUT2D eigenvalue weighted by Gasteiger charge is 2.40. The fourth-order valence-electron chi connectivity index (χ4n) is 7.81. The zero-order valence-corrected chi connectivity index (χ0v) is 29.8. The first kappa shape index (κ1) is 33.5. The van der Waals surface area contributed by atoms with E-state index < -0.39 is 17.8 Å². The topological polar surface area (TPSA) is 79.0 Å². The summed E-state index contributed by atoms with van der Waals surface area (Å²) in [6, 6.07) is 35.2. The molecule has 0 spiro atoms. The van der Waals surface area contributed by atoms with Crippen LogP contribution in [-0.2, 0) is 16.2 Å². The number of imide groups is 2. The van der Waals surface area contributed by atoms with E-state index in [9.17, 15) is 14.4 Å². The number of carbonyl (C=O) groups excluding carboxylic acids is 3. The number of amides is 4. The molecule has 8 rings (SSSR count). The van der Waals surface area contributed by atoms with Gasteiger partial charge >= 0.3 is 6.03 Å². The van der Waals surface area contributed by atoms with Crippen molar-refractivity contribution in [2.45, 2.75) is 45.1 Å². The van der Waals surface area contributed by atoms with Crippen LogP contribution in [0.2, 0.25) is 5.02 Å². The molecule has 1 N–H and O–H groups in total. The van der Waals surface area contributed by atoms with Crippen LogP contribution in [0, 0.1) is 13.8 Å². The van der Waals surface area contributed by atoms with E-state index in [4.69, 9.17) is 16.3 Å². The van der Waals surface area contributed by atoms with Crippen molar-refractivity contribution >= 4 is 46.9 Å². The Kier molecular flexibility index (Phi) is 8.89. The van der Waals surface area contributed by atoms with Crippen LogP contribution in [0.5, 0.6) is 5.75 Å². The Bertz CT molecular complexity index is 2180. The second kappa shape index (κ2) is 13.8. The molecule has 260 valence electrons. The lowest BCUT2D eigenvalue weighted by Gasteiger charge is -2.44. The van der Waals surface area contributed by atoms with Gasteiger partial charge in [-0.05, 0) is 102 Å². The Morgan fingerprint density at radius 3 is 2.00 bits per heavy atom. The van der Waals surface area contributed by atoms with Crippen LogP contribution < -0.4 is 19.9 Å². The fraction of sp³-hybridized carbons (Fsp3) is 0.205. The van der Waals surface area contributed by atoms with Crippen LogP contribution in [-0.4, -0.2) is 30.9 Å². The summed E-state index contributed by atoms with van der Waals surface area (Å²) in [5.41, 5.74) is 9.93. The highest BCUT2D eigenvalue weighted by atomic mass is 35.5. The second-order valence-corrected chi connectivity index (χ2v) is 14.2. The van der Waals surface area contributed by atoms with Gasteiger partial charge in [0.25, 0.3) is 11.8 Å². The molecule has 52 heavy (non-hydrogen) atoms. The number of hydrogen-bond acceptors (Lipinski definition) is 5. The second-order valence-electron chi connectivity index (χ2n) is 13.8. The van der Waals surface area contributed by atoms with Crippen LogP contribution in [0.3, 0.4) is 0 Å². The third-order valence-electron chi connectivity index (χ3n) is 10.6. The van der Waals surface area contributed by atoms with Crippen molar-refractivity contribution in [1.82, 2.24) is 5.32 Å². The zero-order valence-electron chi connectivity index (χ0n) is 29.1. The van der Waals surface area contributed by atoms with Crippen molar-refractivity contribution in [3.63, 3.8) is 0 Å². The quantitative estimate of drug-likeness (QED) is 0.135. The molecule has 0 bridgehead atoms. The predicted molar refractivity (Wildman–Crippen MR) is 205 cm³/mol. The van der Waals surface area contributed by atoms with Crippen molar-refractivity contribution in [3.05, 3.63) is 164 Å². The summed E-state index contributed by atoms with van der Waals surface area (Å²) in [5.74, 6) is -0.803.